The number of Topliss-reactive ketones (excluding diaryl/α,β-unsaturated/α-hetero) is 1. The summed E-state index contributed by atoms with van der Waals surface area (Å²) in [7, 11) is -0.549. The Morgan fingerprint density at radius 2 is 1.49 bits per heavy atom. The molecule has 0 saturated carbocycles. The van der Waals surface area contributed by atoms with Gasteiger partial charge in [-0.25, -0.2) is 8.78 Å². The van der Waals surface area contributed by atoms with Crippen molar-refractivity contribution in [3.05, 3.63) is 106 Å². The number of benzene rings is 3. The summed E-state index contributed by atoms with van der Waals surface area (Å²) >= 11 is 0. The van der Waals surface area contributed by atoms with Gasteiger partial charge in [0.15, 0.2) is 11.6 Å². The van der Waals surface area contributed by atoms with Crippen LogP contribution in [0.3, 0.4) is 0 Å². The van der Waals surface area contributed by atoms with Crippen molar-refractivity contribution < 1.29 is 42.3 Å². The molecule has 1 unspecified atom stereocenters. The second-order valence-electron chi connectivity index (χ2n) is 24.6. The Hall–Kier alpha value is -5.81. The summed E-state index contributed by atoms with van der Waals surface area (Å²) in [6.45, 7) is 22.5. The van der Waals surface area contributed by atoms with Crippen molar-refractivity contribution >= 4 is 49.3 Å². The Bertz CT molecular complexity index is 2630. The van der Waals surface area contributed by atoms with E-state index >= 15 is 9.18 Å². The van der Waals surface area contributed by atoms with Crippen molar-refractivity contribution in [1.29, 1.82) is 0 Å². The van der Waals surface area contributed by atoms with Gasteiger partial charge in [0.1, 0.15) is 23.9 Å². The molecule has 14 nitrogen and oxygen atoms in total. The van der Waals surface area contributed by atoms with Crippen LogP contribution in [0.5, 0.6) is 0 Å². The number of likely N-dealkylation sites (tertiary alicyclic amines) is 1. The minimum atomic E-state index is -2.24. The predicted octanol–water partition coefficient (Wildman–Crippen LogP) is 8.21. The van der Waals surface area contributed by atoms with Crippen LogP contribution >= 0.6 is 0 Å². The van der Waals surface area contributed by atoms with Crippen LogP contribution in [0.25, 0.3) is 0 Å². The van der Waals surface area contributed by atoms with E-state index in [2.05, 4.69) is 40.4 Å². The lowest BCUT2D eigenvalue weighted by Gasteiger charge is -2.38. The normalized spacial score (nSPS) is 21.4. The molecule has 3 aliphatic rings. The third kappa shape index (κ3) is 13.8. The van der Waals surface area contributed by atoms with E-state index in [-0.39, 0.29) is 78.4 Å². The molecule has 0 radical (unpaired) electrons. The number of amides is 6. The monoisotopic (exact) mass is 1070 g/mol. The van der Waals surface area contributed by atoms with Gasteiger partial charge in [-0.15, -0.1) is 0 Å². The topological polar surface area (TPSA) is 177 Å². The van der Waals surface area contributed by atoms with Gasteiger partial charge < -0.3 is 36.0 Å². The molecular formula is C59H83F2N7O7Si. The highest BCUT2D eigenvalue weighted by Gasteiger charge is 2.51. The van der Waals surface area contributed by atoms with Crippen molar-refractivity contribution in [2.75, 3.05) is 19.8 Å². The van der Waals surface area contributed by atoms with E-state index in [4.69, 9.17) is 0 Å². The largest absolute Gasteiger partial charge is 0.347 e. The number of carbonyl (C=O) groups is 7. The molecule has 2 aliphatic heterocycles. The highest BCUT2D eigenvalue weighted by Crippen LogP contribution is 2.37. The number of halogens is 2. The fraction of sp³-hybridized carbons (Fsp3) is 0.576. The van der Waals surface area contributed by atoms with E-state index in [1.54, 1.807) is 57.0 Å². The molecule has 1 aliphatic carbocycles. The van der Waals surface area contributed by atoms with Gasteiger partial charge in [-0.1, -0.05) is 117 Å². The van der Waals surface area contributed by atoms with Crippen molar-refractivity contribution in [1.82, 2.24) is 36.0 Å². The predicted molar refractivity (Wildman–Crippen MR) is 293 cm³/mol. The van der Waals surface area contributed by atoms with Gasteiger partial charge in [-0.3, -0.25) is 33.6 Å². The van der Waals surface area contributed by atoms with E-state index in [9.17, 15) is 33.2 Å². The molecule has 2 heterocycles. The SMILES string of the molecule is CC[C@@H](C)C(=O)N[C@H](C(=O)N1C[Si](C)(C)C[C@H]1C(=O)N(Cc1ccc(C(=O)N[C@H]2C[C@@H](C(=O)NC3CCCc4ccccc43)N(C(=O)[C@@H](CC(=O)[C@H](C)NC)C(C)(C)C)C2)cc1)[C@H](C)c1cccc(F)c1F)C(C)(C)C. The summed E-state index contributed by atoms with van der Waals surface area (Å²) in [5.74, 6) is -5.57. The van der Waals surface area contributed by atoms with Crippen LogP contribution in [0, 0.1) is 34.3 Å². The first-order valence-corrected chi connectivity index (χ1v) is 30.6. The number of hydrogen-bond acceptors (Lipinski definition) is 8. The molecule has 0 aromatic heterocycles. The van der Waals surface area contributed by atoms with Gasteiger partial charge >= 0.3 is 0 Å². The smallest absolute Gasteiger partial charge is 0.251 e. The molecule has 2 saturated heterocycles. The summed E-state index contributed by atoms with van der Waals surface area (Å²) in [5.41, 5.74) is 1.67. The lowest BCUT2D eigenvalue weighted by molar-refractivity contribution is -0.148. The maximum Gasteiger partial charge on any atom is 0.251 e. The average molecular weight is 1070 g/mol. The molecule has 0 bridgehead atoms. The van der Waals surface area contributed by atoms with Crippen LogP contribution in [0.1, 0.15) is 146 Å². The first-order chi connectivity index (χ1) is 35.6. The van der Waals surface area contributed by atoms with Crippen LogP contribution in [0.4, 0.5) is 8.78 Å². The van der Waals surface area contributed by atoms with Crippen LogP contribution in [-0.2, 0) is 41.7 Å². The molecule has 17 heteroatoms. The molecule has 6 rings (SSSR count). The summed E-state index contributed by atoms with van der Waals surface area (Å²) in [4.78, 5) is 104. The van der Waals surface area contributed by atoms with E-state index in [0.29, 0.717) is 24.2 Å². The molecule has 3 aromatic rings. The molecule has 9 atom stereocenters. The molecule has 4 N–H and O–H groups in total. The molecule has 76 heavy (non-hydrogen) atoms. The second-order valence-corrected chi connectivity index (χ2v) is 29.7. The number of fused-ring (bicyclic) bond motifs is 1. The van der Waals surface area contributed by atoms with Crippen LogP contribution < -0.4 is 21.3 Å². The quantitative estimate of drug-likeness (QED) is 0.0922. The molecular weight excluding hydrogens is 985 g/mol. The summed E-state index contributed by atoms with van der Waals surface area (Å²) in [6.07, 6.45) is 3.58. The van der Waals surface area contributed by atoms with E-state index in [1.807, 2.05) is 66.7 Å². The summed E-state index contributed by atoms with van der Waals surface area (Å²) in [6, 6.07) is 13.7. The lowest BCUT2D eigenvalue weighted by atomic mass is 9.76. The standard InChI is InChI=1S/C59H83F2N7O7Si/c1-14-35(2)52(70)65-51(59(8,9)10)57(75)68-34-76(12,13)33-48(68)56(74)66(37(4)42-22-18-23-45(60)50(42)61)31-38-25-27-40(28-26-38)53(71)63-41-29-47(54(72)64-46-24-17-20-39-19-15-16-21-43(39)46)67(32-41)55(73)44(58(5,6)7)30-49(69)36(3)62-11/h15-16,18-19,21-23,25-28,35-37,41,44,46-48,51,62H,14,17,20,24,29-34H2,1-13H3,(H,63,71)(H,64,72)(H,65,70)/t35-,36+,37-,41+,44-,46?,47+,48+,51-/m1/s1. The number of likely N-dealkylation sites (N-methyl/N-ethyl adjacent to an activating group) is 1. The van der Waals surface area contributed by atoms with E-state index in [1.165, 1.54) is 27.5 Å². The highest BCUT2D eigenvalue weighted by atomic mass is 28.3. The molecule has 6 amide bonds. The lowest BCUT2D eigenvalue weighted by Crippen LogP contribution is -2.58. The third-order valence-electron chi connectivity index (χ3n) is 16.1. The molecule has 3 aromatic carbocycles. The fourth-order valence-electron chi connectivity index (χ4n) is 10.9. The van der Waals surface area contributed by atoms with Crippen molar-refractivity contribution in [2.24, 2.45) is 22.7 Å². The fourth-order valence-corrected chi connectivity index (χ4v) is 13.8. The Balaban J connectivity index is 1.26. The zero-order valence-corrected chi connectivity index (χ0v) is 48.1. The number of hydrogen-bond donors (Lipinski definition) is 4. The average Bonchev–Trinajstić information content (AvgIpc) is 3.95. The minimum Gasteiger partial charge on any atom is -0.347 e. The number of carbonyl (C=O) groups excluding carboxylic acids is 7. The van der Waals surface area contributed by atoms with Crippen LogP contribution in [0.15, 0.2) is 66.7 Å². The Kier molecular flexibility index (Phi) is 19.0. The van der Waals surface area contributed by atoms with Crippen LogP contribution in [0.2, 0.25) is 19.1 Å². The van der Waals surface area contributed by atoms with Gasteiger partial charge in [-0.05, 0) is 105 Å². The van der Waals surface area contributed by atoms with E-state index < -0.39 is 84.5 Å². The van der Waals surface area contributed by atoms with Crippen molar-refractivity contribution in [3.8, 4) is 0 Å². The summed E-state index contributed by atoms with van der Waals surface area (Å²) in [5, 5.41) is 12.3. The molecule has 414 valence electrons. The Labute approximate surface area is 450 Å². The molecule has 2 fully saturated rings. The Morgan fingerprint density at radius 3 is 2.12 bits per heavy atom. The van der Waals surface area contributed by atoms with Gasteiger partial charge in [0.25, 0.3) is 5.91 Å². The number of ketones is 1. The van der Waals surface area contributed by atoms with Crippen molar-refractivity contribution in [3.63, 3.8) is 0 Å². The van der Waals surface area contributed by atoms with Gasteiger partial charge in [0.2, 0.25) is 29.5 Å². The zero-order valence-electron chi connectivity index (χ0n) is 47.1. The first kappa shape index (κ1) is 59.4. The summed E-state index contributed by atoms with van der Waals surface area (Å²) < 4.78 is 30.5. The maximum atomic E-state index is 15.6. The van der Waals surface area contributed by atoms with Gasteiger partial charge in [0, 0.05) is 54.7 Å². The minimum absolute atomic E-state index is 0.0277. The van der Waals surface area contributed by atoms with E-state index in [0.717, 1.165) is 30.9 Å². The third-order valence-corrected chi connectivity index (χ3v) is 18.8. The van der Waals surface area contributed by atoms with Crippen molar-refractivity contribution in [2.45, 2.75) is 176 Å². The number of nitrogens with zero attached hydrogens (tertiary/aromatic N) is 3. The second kappa shape index (κ2) is 24.2. The molecule has 0 spiro atoms. The first-order valence-electron chi connectivity index (χ1n) is 27.2. The van der Waals surface area contributed by atoms with Gasteiger partial charge in [0.05, 0.1) is 26.2 Å². The maximum absolute atomic E-state index is 15.6. The number of aryl methyl sites for hydroxylation is 1. The zero-order chi connectivity index (χ0) is 56.2. The number of rotatable bonds is 18. The van der Waals surface area contributed by atoms with Gasteiger partial charge in [-0.2, -0.15) is 0 Å². The Morgan fingerprint density at radius 1 is 0.816 bits per heavy atom. The number of nitrogens with one attached hydrogen (secondary N) is 4. The van der Waals surface area contributed by atoms with Crippen LogP contribution in [-0.4, -0.2) is 114 Å². The highest BCUT2D eigenvalue weighted by molar-refractivity contribution is 6.79.